The molecule has 0 spiro atoms. The molecule has 2 heterocycles. The van der Waals surface area contributed by atoms with Crippen LogP contribution < -0.4 is 5.73 Å². The number of aromatic nitrogens is 3. The molecule has 2 rings (SSSR count). The molecule has 6 heteroatoms. The number of rotatable bonds is 2. The first-order chi connectivity index (χ1) is 7.15. The SMILES string of the molecule is Cn1cc(N)c(Sc2ccc(Cl)cn2)n1. The molecule has 2 N–H and O–H groups in total. The molecule has 0 unspecified atom stereocenters. The molecule has 0 saturated heterocycles. The highest BCUT2D eigenvalue weighted by atomic mass is 35.5. The van der Waals surface area contributed by atoms with Gasteiger partial charge in [0.15, 0.2) is 0 Å². The zero-order valence-corrected chi connectivity index (χ0v) is 9.59. The van der Waals surface area contributed by atoms with Gasteiger partial charge >= 0.3 is 0 Å². The minimum Gasteiger partial charge on any atom is -0.395 e. The summed E-state index contributed by atoms with van der Waals surface area (Å²) in [7, 11) is 1.83. The van der Waals surface area contributed by atoms with Crippen molar-refractivity contribution in [2.24, 2.45) is 7.05 Å². The number of anilines is 1. The molecule has 0 fully saturated rings. The van der Waals surface area contributed by atoms with Gasteiger partial charge in [-0.15, -0.1) is 0 Å². The lowest BCUT2D eigenvalue weighted by Gasteiger charge is -1.97. The normalized spacial score (nSPS) is 10.5. The lowest BCUT2D eigenvalue weighted by Crippen LogP contribution is -1.87. The van der Waals surface area contributed by atoms with Crippen molar-refractivity contribution in [2.75, 3.05) is 5.73 Å². The lowest BCUT2D eigenvalue weighted by atomic mass is 10.5. The molecule has 0 saturated carbocycles. The van der Waals surface area contributed by atoms with Gasteiger partial charge in [0.05, 0.1) is 10.7 Å². The lowest BCUT2D eigenvalue weighted by molar-refractivity contribution is 0.738. The predicted molar refractivity (Wildman–Crippen MR) is 61.0 cm³/mol. The molecular formula is C9H9ClN4S. The third kappa shape index (κ3) is 2.43. The zero-order valence-electron chi connectivity index (χ0n) is 8.01. The van der Waals surface area contributed by atoms with Gasteiger partial charge in [0.2, 0.25) is 0 Å². The van der Waals surface area contributed by atoms with Crippen molar-refractivity contribution in [3.8, 4) is 0 Å². The standard InChI is InChI=1S/C9H9ClN4S/c1-14-5-7(11)9(13-14)15-8-3-2-6(10)4-12-8/h2-5H,11H2,1H3. The van der Waals surface area contributed by atoms with E-state index in [1.165, 1.54) is 11.8 Å². The second-order valence-electron chi connectivity index (χ2n) is 2.98. The van der Waals surface area contributed by atoms with Crippen LogP contribution in [0.5, 0.6) is 0 Å². The highest BCUT2D eigenvalue weighted by Crippen LogP contribution is 2.29. The van der Waals surface area contributed by atoms with Crippen molar-refractivity contribution in [3.05, 3.63) is 29.5 Å². The molecule has 0 atom stereocenters. The van der Waals surface area contributed by atoms with E-state index in [1.54, 1.807) is 23.1 Å². The number of hydrogen-bond acceptors (Lipinski definition) is 4. The molecule has 0 aromatic carbocycles. The molecule has 0 aliphatic heterocycles. The Bertz CT molecular complexity index is 465. The van der Waals surface area contributed by atoms with Gasteiger partial charge in [-0.05, 0) is 23.9 Å². The molecule has 0 radical (unpaired) electrons. The summed E-state index contributed by atoms with van der Waals surface area (Å²) in [5.74, 6) is 0. The van der Waals surface area contributed by atoms with Crippen LogP contribution in [0.3, 0.4) is 0 Å². The first kappa shape index (κ1) is 10.3. The number of hydrogen-bond donors (Lipinski definition) is 1. The Morgan fingerprint density at radius 1 is 1.47 bits per heavy atom. The molecule has 0 amide bonds. The number of aryl methyl sites for hydroxylation is 1. The van der Waals surface area contributed by atoms with E-state index in [4.69, 9.17) is 17.3 Å². The molecule has 78 valence electrons. The third-order valence-electron chi connectivity index (χ3n) is 1.72. The van der Waals surface area contributed by atoms with Crippen molar-refractivity contribution in [2.45, 2.75) is 10.1 Å². The van der Waals surface area contributed by atoms with Crippen LogP contribution in [-0.4, -0.2) is 14.8 Å². The number of nitrogens with zero attached hydrogens (tertiary/aromatic N) is 3. The van der Waals surface area contributed by atoms with Gasteiger partial charge < -0.3 is 5.73 Å². The number of halogens is 1. The second-order valence-corrected chi connectivity index (χ2v) is 4.43. The minimum absolute atomic E-state index is 0.619. The maximum absolute atomic E-state index is 5.76. The van der Waals surface area contributed by atoms with Crippen LogP contribution in [0.1, 0.15) is 0 Å². The average molecular weight is 241 g/mol. The van der Waals surface area contributed by atoms with Crippen molar-refractivity contribution < 1.29 is 0 Å². The van der Waals surface area contributed by atoms with E-state index >= 15 is 0 Å². The average Bonchev–Trinajstić information content (AvgIpc) is 2.49. The predicted octanol–water partition coefficient (Wildman–Crippen LogP) is 2.20. The topological polar surface area (TPSA) is 56.7 Å². The molecule has 4 nitrogen and oxygen atoms in total. The third-order valence-corrected chi connectivity index (χ3v) is 2.91. The first-order valence-corrected chi connectivity index (χ1v) is 5.43. The van der Waals surface area contributed by atoms with Crippen molar-refractivity contribution in [1.29, 1.82) is 0 Å². The molecule has 2 aromatic rings. The van der Waals surface area contributed by atoms with Crippen LogP contribution in [0.4, 0.5) is 5.69 Å². The van der Waals surface area contributed by atoms with Crippen LogP contribution in [0.2, 0.25) is 5.02 Å². The van der Waals surface area contributed by atoms with Gasteiger partial charge in [-0.25, -0.2) is 4.98 Å². The number of nitrogens with two attached hydrogens (primary N) is 1. The first-order valence-electron chi connectivity index (χ1n) is 4.23. The van der Waals surface area contributed by atoms with Crippen molar-refractivity contribution in [1.82, 2.24) is 14.8 Å². The zero-order chi connectivity index (χ0) is 10.8. The Hall–Kier alpha value is -1.20. The van der Waals surface area contributed by atoms with Crippen molar-refractivity contribution >= 4 is 29.1 Å². The highest BCUT2D eigenvalue weighted by Gasteiger charge is 2.06. The summed E-state index contributed by atoms with van der Waals surface area (Å²) in [5.41, 5.74) is 6.41. The van der Waals surface area contributed by atoms with Gasteiger partial charge in [-0.2, -0.15) is 5.10 Å². The molecule has 0 aliphatic carbocycles. The Kier molecular flexibility index (Phi) is 2.83. The second kappa shape index (κ2) is 4.12. The maximum atomic E-state index is 5.76. The van der Waals surface area contributed by atoms with Crippen molar-refractivity contribution in [3.63, 3.8) is 0 Å². The summed E-state index contributed by atoms with van der Waals surface area (Å²) >= 11 is 7.15. The summed E-state index contributed by atoms with van der Waals surface area (Å²) < 4.78 is 1.67. The molecule has 15 heavy (non-hydrogen) atoms. The van der Waals surface area contributed by atoms with E-state index in [9.17, 15) is 0 Å². The fraction of sp³-hybridized carbons (Fsp3) is 0.111. The number of nitrogen functional groups attached to an aromatic ring is 1. The summed E-state index contributed by atoms with van der Waals surface area (Å²) in [6.07, 6.45) is 3.36. The highest BCUT2D eigenvalue weighted by molar-refractivity contribution is 7.99. The Morgan fingerprint density at radius 3 is 2.80 bits per heavy atom. The number of pyridine rings is 1. The van der Waals surface area contributed by atoms with E-state index in [2.05, 4.69) is 10.1 Å². The van der Waals surface area contributed by atoms with Gasteiger partial charge in [0.1, 0.15) is 10.1 Å². The van der Waals surface area contributed by atoms with E-state index in [0.717, 1.165) is 10.1 Å². The summed E-state index contributed by atoms with van der Waals surface area (Å²) in [6, 6.07) is 3.62. The van der Waals surface area contributed by atoms with Crippen LogP contribution in [-0.2, 0) is 7.05 Å². The van der Waals surface area contributed by atoms with E-state index in [-0.39, 0.29) is 0 Å². The van der Waals surface area contributed by atoms with E-state index < -0.39 is 0 Å². The van der Waals surface area contributed by atoms with Gasteiger partial charge in [0.25, 0.3) is 0 Å². The van der Waals surface area contributed by atoms with Gasteiger partial charge in [-0.3, -0.25) is 4.68 Å². The Labute approximate surface area is 96.4 Å². The quantitative estimate of drug-likeness (QED) is 0.875. The molecule has 0 aliphatic rings. The smallest absolute Gasteiger partial charge is 0.147 e. The van der Waals surface area contributed by atoms with E-state index in [1.807, 2.05) is 13.1 Å². The fourth-order valence-electron chi connectivity index (χ4n) is 1.09. The monoisotopic (exact) mass is 240 g/mol. The molecule has 0 bridgehead atoms. The largest absolute Gasteiger partial charge is 0.395 e. The van der Waals surface area contributed by atoms with Crippen LogP contribution in [0, 0.1) is 0 Å². The minimum atomic E-state index is 0.619. The Balaban J connectivity index is 2.21. The molecular weight excluding hydrogens is 232 g/mol. The van der Waals surface area contributed by atoms with Crippen LogP contribution in [0.25, 0.3) is 0 Å². The molecule has 2 aromatic heterocycles. The fourth-order valence-corrected chi connectivity index (χ4v) is 1.98. The summed E-state index contributed by atoms with van der Waals surface area (Å²) in [6.45, 7) is 0. The summed E-state index contributed by atoms with van der Waals surface area (Å²) in [4.78, 5) is 4.15. The maximum Gasteiger partial charge on any atom is 0.147 e. The van der Waals surface area contributed by atoms with Crippen LogP contribution >= 0.6 is 23.4 Å². The Morgan fingerprint density at radius 2 is 2.27 bits per heavy atom. The summed E-state index contributed by atoms with van der Waals surface area (Å²) in [5, 5.41) is 6.41. The van der Waals surface area contributed by atoms with E-state index in [0.29, 0.717) is 10.7 Å². The van der Waals surface area contributed by atoms with Crippen LogP contribution in [0.15, 0.2) is 34.6 Å². The van der Waals surface area contributed by atoms with Gasteiger partial charge in [0, 0.05) is 19.4 Å². The van der Waals surface area contributed by atoms with Gasteiger partial charge in [-0.1, -0.05) is 11.6 Å².